The zero-order valence-corrected chi connectivity index (χ0v) is 10.7. The second-order valence-corrected chi connectivity index (χ2v) is 4.19. The summed E-state index contributed by atoms with van der Waals surface area (Å²) in [6, 6.07) is 4.10. The van der Waals surface area contributed by atoms with Gasteiger partial charge in [0.05, 0.1) is 12.5 Å². The van der Waals surface area contributed by atoms with Gasteiger partial charge in [0, 0.05) is 6.42 Å². The smallest absolute Gasteiger partial charge is 0.150 e. The molecule has 0 spiro atoms. The van der Waals surface area contributed by atoms with E-state index in [1.807, 2.05) is 26.8 Å². The zero-order valence-electron chi connectivity index (χ0n) is 9.97. The third-order valence-electron chi connectivity index (χ3n) is 2.65. The number of halogens is 1. The van der Waals surface area contributed by atoms with E-state index in [1.54, 1.807) is 0 Å². The van der Waals surface area contributed by atoms with Gasteiger partial charge in [-0.1, -0.05) is 12.1 Å². The van der Waals surface area contributed by atoms with Crippen LogP contribution >= 0.6 is 11.6 Å². The Kier molecular flexibility index (Phi) is 4.81. The van der Waals surface area contributed by atoms with Gasteiger partial charge >= 0.3 is 0 Å². The number of rotatable bonds is 5. The highest BCUT2D eigenvalue weighted by Crippen LogP contribution is 2.25. The first-order valence-electron chi connectivity index (χ1n) is 5.33. The van der Waals surface area contributed by atoms with Gasteiger partial charge in [-0.15, -0.1) is 11.6 Å². The van der Waals surface area contributed by atoms with Gasteiger partial charge in [-0.3, -0.25) is 4.79 Å². The molecular weight excluding hydrogens is 224 g/mol. The highest BCUT2D eigenvalue weighted by Gasteiger charge is 2.07. The van der Waals surface area contributed by atoms with Crippen molar-refractivity contribution < 1.29 is 9.53 Å². The number of carbonyl (C=O) groups is 1. The molecule has 0 amide bonds. The molecule has 0 N–H and O–H groups in total. The predicted octanol–water partition coefficient (Wildman–Crippen LogP) is 3.19. The lowest BCUT2D eigenvalue weighted by molar-refractivity contribution is -0.117. The van der Waals surface area contributed by atoms with Crippen LogP contribution in [-0.4, -0.2) is 18.3 Å². The second kappa shape index (κ2) is 5.90. The summed E-state index contributed by atoms with van der Waals surface area (Å²) in [5.41, 5.74) is 3.43. The van der Waals surface area contributed by atoms with Crippen molar-refractivity contribution in [3.05, 3.63) is 28.8 Å². The molecular formula is C13H17ClO2. The normalized spacial score (nSPS) is 10.2. The van der Waals surface area contributed by atoms with Gasteiger partial charge in [-0.2, -0.15) is 0 Å². The summed E-state index contributed by atoms with van der Waals surface area (Å²) in [7, 11) is 0. The van der Waals surface area contributed by atoms with Gasteiger partial charge in [0.15, 0.2) is 5.78 Å². The Morgan fingerprint density at radius 3 is 2.50 bits per heavy atom. The van der Waals surface area contributed by atoms with Gasteiger partial charge in [0.2, 0.25) is 0 Å². The minimum absolute atomic E-state index is 0.0182. The average molecular weight is 241 g/mol. The summed E-state index contributed by atoms with van der Waals surface area (Å²) < 4.78 is 5.64. The molecule has 0 heterocycles. The number of ether oxygens (including phenoxy) is 1. The molecule has 16 heavy (non-hydrogen) atoms. The molecule has 0 radical (unpaired) electrons. The fourth-order valence-corrected chi connectivity index (χ4v) is 1.61. The van der Waals surface area contributed by atoms with Crippen molar-refractivity contribution >= 4 is 17.4 Å². The lowest BCUT2D eigenvalue weighted by Crippen LogP contribution is -2.08. The standard InChI is InChI=1S/C13H17ClO2/c1-9-4-5-10(2)13(11(9)3)16-7-6-12(15)8-14/h4-5H,6-8H2,1-3H3. The van der Waals surface area contributed by atoms with Crippen LogP contribution in [0.25, 0.3) is 0 Å². The molecule has 1 aromatic rings. The molecule has 0 aliphatic heterocycles. The number of aryl methyl sites for hydroxylation is 2. The largest absolute Gasteiger partial charge is 0.493 e. The fraction of sp³-hybridized carbons (Fsp3) is 0.462. The van der Waals surface area contributed by atoms with Crippen LogP contribution in [0.15, 0.2) is 12.1 Å². The minimum atomic E-state index is 0.0182. The van der Waals surface area contributed by atoms with Crippen molar-refractivity contribution in [2.75, 3.05) is 12.5 Å². The Morgan fingerprint density at radius 2 is 1.88 bits per heavy atom. The lowest BCUT2D eigenvalue weighted by atomic mass is 10.1. The number of alkyl halides is 1. The molecule has 0 aliphatic carbocycles. The van der Waals surface area contributed by atoms with Gasteiger partial charge in [-0.05, 0) is 37.5 Å². The van der Waals surface area contributed by atoms with E-state index >= 15 is 0 Å². The molecule has 0 saturated carbocycles. The van der Waals surface area contributed by atoms with Gasteiger partial charge in [0.25, 0.3) is 0 Å². The van der Waals surface area contributed by atoms with Crippen molar-refractivity contribution in [3.8, 4) is 5.75 Å². The van der Waals surface area contributed by atoms with Gasteiger partial charge < -0.3 is 4.74 Å². The maximum atomic E-state index is 11.0. The first-order valence-corrected chi connectivity index (χ1v) is 5.87. The van der Waals surface area contributed by atoms with E-state index in [0.29, 0.717) is 13.0 Å². The van der Waals surface area contributed by atoms with E-state index < -0.39 is 0 Å². The third-order valence-corrected chi connectivity index (χ3v) is 2.95. The molecule has 1 rings (SSSR count). The minimum Gasteiger partial charge on any atom is -0.493 e. The SMILES string of the molecule is Cc1ccc(C)c(OCCC(=O)CCl)c1C. The van der Waals surface area contributed by atoms with E-state index in [1.165, 1.54) is 5.56 Å². The fourth-order valence-electron chi connectivity index (χ4n) is 1.48. The number of hydrogen-bond donors (Lipinski definition) is 0. The summed E-state index contributed by atoms with van der Waals surface area (Å²) in [5.74, 6) is 0.974. The molecule has 0 saturated heterocycles. The van der Waals surface area contributed by atoms with Crippen LogP contribution in [0.1, 0.15) is 23.1 Å². The molecule has 2 nitrogen and oxygen atoms in total. The molecule has 3 heteroatoms. The zero-order chi connectivity index (χ0) is 12.1. The Balaban J connectivity index is 2.67. The van der Waals surface area contributed by atoms with Crippen LogP contribution in [0.2, 0.25) is 0 Å². The van der Waals surface area contributed by atoms with Crippen LogP contribution in [-0.2, 0) is 4.79 Å². The summed E-state index contributed by atoms with van der Waals surface area (Å²) in [6.45, 7) is 6.48. The van der Waals surface area contributed by atoms with Crippen LogP contribution in [0.4, 0.5) is 0 Å². The van der Waals surface area contributed by atoms with Crippen molar-refractivity contribution in [2.45, 2.75) is 27.2 Å². The van der Waals surface area contributed by atoms with E-state index in [2.05, 4.69) is 6.07 Å². The van der Waals surface area contributed by atoms with Gasteiger partial charge in [-0.25, -0.2) is 0 Å². The van der Waals surface area contributed by atoms with E-state index in [-0.39, 0.29) is 11.7 Å². The van der Waals surface area contributed by atoms with Gasteiger partial charge in [0.1, 0.15) is 5.75 Å². The summed E-state index contributed by atoms with van der Waals surface area (Å²) in [4.78, 5) is 11.0. The summed E-state index contributed by atoms with van der Waals surface area (Å²) >= 11 is 5.42. The van der Waals surface area contributed by atoms with Crippen LogP contribution in [0.3, 0.4) is 0 Å². The summed E-state index contributed by atoms with van der Waals surface area (Å²) in [5, 5.41) is 0. The quantitative estimate of drug-likeness (QED) is 0.739. The molecule has 0 atom stereocenters. The van der Waals surface area contributed by atoms with Crippen LogP contribution < -0.4 is 4.74 Å². The molecule has 1 aromatic carbocycles. The van der Waals surface area contributed by atoms with Crippen molar-refractivity contribution in [3.63, 3.8) is 0 Å². The first kappa shape index (κ1) is 13.0. The molecule has 0 unspecified atom stereocenters. The second-order valence-electron chi connectivity index (χ2n) is 3.92. The third kappa shape index (κ3) is 3.24. The number of ketones is 1. The average Bonchev–Trinajstić information content (AvgIpc) is 2.28. The monoisotopic (exact) mass is 240 g/mol. The Labute approximate surface area is 102 Å². The number of hydrogen-bond acceptors (Lipinski definition) is 2. The molecule has 0 aromatic heterocycles. The number of carbonyl (C=O) groups excluding carboxylic acids is 1. The highest BCUT2D eigenvalue weighted by molar-refractivity contribution is 6.27. The summed E-state index contributed by atoms with van der Waals surface area (Å²) in [6.07, 6.45) is 0.371. The highest BCUT2D eigenvalue weighted by atomic mass is 35.5. The van der Waals surface area contributed by atoms with Crippen LogP contribution in [0, 0.1) is 20.8 Å². The topological polar surface area (TPSA) is 26.3 Å². The van der Waals surface area contributed by atoms with E-state index in [0.717, 1.165) is 16.9 Å². The van der Waals surface area contributed by atoms with E-state index in [9.17, 15) is 4.79 Å². The number of Topliss-reactive ketones (excluding diaryl/α,β-unsaturated/α-hetero) is 1. The molecule has 88 valence electrons. The van der Waals surface area contributed by atoms with Crippen LogP contribution in [0.5, 0.6) is 5.75 Å². The maximum absolute atomic E-state index is 11.0. The Hall–Kier alpha value is -1.02. The van der Waals surface area contributed by atoms with E-state index in [4.69, 9.17) is 16.3 Å². The Morgan fingerprint density at radius 1 is 1.25 bits per heavy atom. The maximum Gasteiger partial charge on any atom is 0.150 e. The number of benzene rings is 1. The van der Waals surface area contributed by atoms with Crippen molar-refractivity contribution in [2.24, 2.45) is 0 Å². The predicted molar refractivity (Wildman–Crippen MR) is 66.5 cm³/mol. The first-order chi connectivity index (χ1) is 7.56. The molecule has 0 fully saturated rings. The van der Waals surface area contributed by atoms with Crippen molar-refractivity contribution in [1.82, 2.24) is 0 Å². The Bertz CT molecular complexity index is 386. The molecule has 0 bridgehead atoms. The van der Waals surface area contributed by atoms with Crippen molar-refractivity contribution in [1.29, 1.82) is 0 Å². The molecule has 0 aliphatic rings. The lowest BCUT2D eigenvalue weighted by Gasteiger charge is -2.13.